The Morgan fingerprint density at radius 3 is 2.76 bits per heavy atom. The Hall–Kier alpha value is -3.65. The molecule has 0 aliphatic heterocycles. The SMILES string of the molecule is C=CC(=O)Nc1ccc2c(-c3nc(Nc4cnn(C)c4)ncc3Cl)cn(C)c2c1. The van der Waals surface area contributed by atoms with E-state index in [0.29, 0.717) is 22.4 Å². The summed E-state index contributed by atoms with van der Waals surface area (Å²) in [7, 11) is 3.76. The largest absolute Gasteiger partial charge is 0.350 e. The lowest BCUT2D eigenvalue weighted by Crippen LogP contribution is -2.07. The van der Waals surface area contributed by atoms with Crippen LogP contribution in [-0.4, -0.2) is 30.2 Å². The predicted octanol–water partition coefficient (Wildman–Crippen LogP) is 3.89. The van der Waals surface area contributed by atoms with Crippen molar-refractivity contribution in [2.24, 2.45) is 14.1 Å². The van der Waals surface area contributed by atoms with E-state index in [-0.39, 0.29) is 5.91 Å². The van der Waals surface area contributed by atoms with E-state index >= 15 is 0 Å². The Morgan fingerprint density at radius 1 is 1.21 bits per heavy atom. The van der Waals surface area contributed by atoms with Gasteiger partial charge in [0.05, 0.1) is 34.3 Å². The Kier molecular flexibility index (Phi) is 4.77. The molecule has 0 bridgehead atoms. The molecule has 3 aromatic heterocycles. The minimum atomic E-state index is -0.260. The van der Waals surface area contributed by atoms with Gasteiger partial charge in [0.2, 0.25) is 11.9 Å². The molecule has 4 aromatic rings. The number of hydrogen-bond donors (Lipinski definition) is 2. The van der Waals surface area contributed by atoms with E-state index in [1.165, 1.54) is 6.08 Å². The first-order valence-corrected chi connectivity index (χ1v) is 9.13. The molecule has 9 heteroatoms. The molecule has 0 unspecified atom stereocenters. The molecule has 0 aliphatic rings. The summed E-state index contributed by atoms with van der Waals surface area (Å²) < 4.78 is 3.65. The van der Waals surface area contributed by atoms with Crippen LogP contribution in [0.25, 0.3) is 22.2 Å². The molecule has 0 spiro atoms. The molecule has 2 N–H and O–H groups in total. The monoisotopic (exact) mass is 407 g/mol. The molecule has 8 nitrogen and oxygen atoms in total. The van der Waals surface area contributed by atoms with Crippen molar-refractivity contribution in [3.05, 3.63) is 60.7 Å². The number of rotatable bonds is 5. The first kappa shape index (κ1) is 18.7. The third-order valence-corrected chi connectivity index (χ3v) is 4.68. The van der Waals surface area contributed by atoms with Crippen molar-refractivity contribution < 1.29 is 4.79 Å². The minimum absolute atomic E-state index is 0.260. The molecule has 29 heavy (non-hydrogen) atoms. The van der Waals surface area contributed by atoms with E-state index in [1.807, 2.05) is 49.3 Å². The fourth-order valence-corrected chi connectivity index (χ4v) is 3.27. The number of amides is 1. The molecule has 0 atom stereocenters. The lowest BCUT2D eigenvalue weighted by atomic mass is 10.1. The normalized spacial score (nSPS) is 10.9. The van der Waals surface area contributed by atoms with Crippen LogP contribution in [-0.2, 0) is 18.9 Å². The molecular formula is C20H18ClN7O. The molecule has 0 aliphatic carbocycles. The standard InChI is InChI=1S/C20H18ClN7O/c1-4-18(29)24-12-5-6-14-15(11-27(2)17(14)7-12)19-16(21)9-22-20(26-19)25-13-8-23-28(3)10-13/h4-11H,1H2,2-3H3,(H,24,29)(H,22,25,26). The smallest absolute Gasteiger partial charge is 0.247 e. The molecule has 4 rings (SSSR count). The number of aromatic nitrogens is 5. The lowest BCUT2D eigenvalue weighted by Gasteiger charge is -2.07. The second-order valence-electron chi connectivity index (χ2n) is 6.50. The molecular weight excluding hydrogens is 390 g/mol. The second kappa shape index (κ2) is 7.40. The zero-order valence-electron chi connectivity index (χ0n) is 15.8. The number of benzene rings is 1. The molecule has 1 aromatic carbocycles. The maximum atomic E-state index is 11.6. The number of anilines is 3. The number of halogens is 1. The lowest BCUT2D eigenvalue weighted by molar-refractivity contribution is -0.111. The van der Waals surface area contributed by atoms with Crippen LogP contribution in [0.5, 0.6) is 0 Å². The predicted molar refractivity (Wildman–Crippen MR) is 114 cm³/mol. The Bertz CT molecular complexity index is 1240. The fourth-order valence-electron chi connectivity index (χ4n) is 3.07. The van der Waals surface area contributed by atoms with Crippen molar-refractivity contribution in [3.63, 3.8) is 0 Å². The Labute approximate surface area is 171 Å². The topological polar surface area (TPSA) is 89.7 Å². The van der Waals surface area contributed by atoms with Gasteiger partial charge in [0.25, 0.3) is 0 Å². The highest BCUT2D eigenvalue weighted by molar-refractivity contribution is 6.33. The summed E-state index contributed by atoms with van der Waals surface area (Å²) in [4.78, 5) is 20.4. The maximum Gasteiger partial charge on any atom is 0.247 e. The van der Waals surface area contributed by atoms with Crippen molar-refractivity contribution in [1.29, 1.82) is 0 Å². The molecule has 3 heterocycles. The van der Waals surface area contributed by atoms with E-state index in [2.05, 4.69) is 32.3 Å². The number of nitrogens with zero attached hydrogens (tertiary/aromatic N) is 5. The van der Waals surface area contributed by atoms with Crippen LogP contribution in [0.1, 0.15) is 0 Å². The van der Waals surface area contributed by atoms with Gasteiger partial charge in [-0.1, -0.05) is 24.2 Å². The first-order valence-electron chi connectivity index (χ1n) is 8.75. The number of aryl methyl sites for hydroxylation is 2. The summed E-state index contributed by atoms with van der Waals surface area (Å²) in [6.07, 6.45) is 8.27. The summed E-state index contributed by atoms with van der Waals surface area (Å²) in [5.74, 6) is 0.160. The summed E-state index contributed by atoms with van der Waals surface area (Å²) >= 11 is 6.42. The summed E-state index contributed by atoms with van der Waals surface area (Å²) in [5.41, 5.74) is 3.87. The van der Waals surface area contributed by atoms with Crippen molar-refractivity contribution >= 4 is 45.7 Å². The number of hydrogen-bond acceptors (Lipinski definition) is 5. The van der Waals surface area contributed by atoms with Crippen LogP contribution in [0.3, 0.4) is 0 Å². The van der Waals surface area contributed by atoms with Gasteiger partial charge in [-0.25, -0.2) is 9.97 Å². The van der Waals surface area contributed by atoms with Crippen LogP contribution in [0.2, 0.25) is 5.02 Å². The highest BCUT2D eigenvalue weighted by Crippen LogP contribution is 2.35. The molecule has 146 valence electrons. The van der Waals surface area contributed by atoms with Gasteiger partial charge in [-0.3, -0.25) is 9.48 Å². The number of nitrogens with one attached hydrogen (secondary N) is 2. The van der Waals surface area contributed by atoms with Gasteiger partial charge in [0.15, 0.2) is 0 Å². The zero-order valence-corrected chi connectivity index (χ0v) is 16.6. The van der Waals surface area contributed by atoms with Crippen LogP contribution in [0, 0.1) is 0 Å². The van der Waals surface area contributed by atoms with E-state index in [0.717, 1.165) is 22.2 Å². The second-order valence-corrected chi connectivity index (χ2v) is 6.90. The van der Waals surface area contributed by atoms with Gasteiger partial charge >= 0.3 is 0 Å². The number of carbonyl (C=O) groups is 1. The van der Waals surface area contributed by atoms with Gasteiger partial charge in [0, 0.05) is 43.1 Å². The molecule has 0 fully saturated rings. The summed E-state index contributed by atoms with van der Waals surface area (Å²) in [6, 6.07) is 5.65. The Morgan fingerprint density at radius 2 is 2.03 bits per heavy atom. The molecule has 0 radical (unpaired) electrons. The number of carbonyl (C=O) groups excluding carboxylic acids is 1. The third kappa shape index (κ3) is 3.70. The van der Waals surface area contributed by atoms with Crippen LogP contribution in [0.4, 0.5) is 17.3 Å². The number of fused-ring (bicyclic) bond motifs is 1. The zero-order chi connectivity index (χ0) is 20.5. The van der Waals surface area contributed by atoms with Gasteiger partial charge in [-0.05, 0) is 18.2 Å². The van der Waals surface area contributed by atoms with E-state index in [9.17, 15) is 4.79 Å². The van der Waals surface area contributed by atoms with Gasteiger partial charge < -0.3 is 15.2 Å². The van der Waals surface area contributed by atoms with Crippen molar-refractivity contribution in [2.75, 3.05) is 10.6 Å². The van der Waals surface area contributed by atoms with Crippen molar-refractivity contribution in [3.8, 4) is 11.3 Å². The quantitative estimate of drug-likeness (QED) is 0.490. The summed E-state index contributed by atoms with van der Waals surface area (Å²) in [6.45, 7) is 3.47. The van der Waals surface area contributed by atoms with Crippen molar-refractivity contribution in [2.45, 2.75) is 0 Å². The van der Waals surface area contributed by atoms with Crippen molar-refractivity contribution in [1.82, 2.24) is 24.3 Å². The van der Waals surface area contributed by atoms with Crippen LogP contribution in [0.15, 0.2) is 55.6 Å². The molecule has 0 saturated carbocycles. The van der Waals surface area contributed by atoms with Gasteiger partial charge in [-0.15, -0.1) is 0 Å². The third-order valence-electron chi connectivity index (χ3n) is 4.40. The average Bonchev–Trinajstić information content (AvgIpc) is 3.26. The average molecular weight is 408 g/mol. The highest BCUT2D eigenvalue weighted by atomic mass is 35.5. The molecule has 0 saturated heterocycles. The molecule has 1 amide bonds. The minimum Gasteiger partial charge on any atom is -0.350 e. The van der Waals surface area contributed by atoms with Gasteiger partial charge in [-0.2, -0.15) is 5.10 Å². The fraction of sp³-hybridized carbons (Fsp3) is 0.100. The van der Waals surface area contributed by atoms with E-state index in [4.69, 9.17) is 11.6 Å². The maximum absolute atomic E-state index is 11.6. The van der Waals surface area contributed by atoms with E-state index < -0.39 is 0 Å². The van der Waals surface area contributed by atoms with Crippen LogP contribution < -0.4 is 10.6 Å². The Balaban J connectivity index is 1.74. The first-order chi connectivity index (χ1) is 13.9. The highest BCUT2D eigenvalue weighted by Gasteiger charge is 2.15. The summed E-state index contributed by atoms with van der Waals surface area (Å²) in [5, 5.41) is 11.4. The van der Waals surface area contributed by atoms with Gasteiger partial charge in [0.1, 0.15) is 0 Å². The van der Waals surface area contributed by atoms with E-state index in [1.54, 1.807) is 17.1 Å². The van der Waals surface area contributed by atoms with Crippen LogP contribution >= 0.6 is 11.6 Å².